The van der Waals surface area contributed by atoms with Gasteiger partial charge in [0.25, 0.3) is 6.23 Å². The van der Waals surface area contributed by atoms with Gasteiger partial charge in [-0.25, -0.2) is 0 Å². The van der Waals surface area contributed by atoms with Crippen molar-refractivity contribution in [3.05, 3.63) is 47.8 Å². The lowest BCUT2D eigenvalue weighted by Crippen LogP contribution is -2.45. The molecule has 6 heteroatoms. The predicted octanol–water partition coefficient (Wildman–Crippen LogP) is 2.33. The van der Waals surface area contributed by atoms with E-state index in [9.17, 15) is 15.3 Å². The van der Waals surface area contributed by atoms with E-state index in [-0.39, 0.29) is 12.4 Å². The maximum absolute atomic E-state index is 10.2. The zero-order valence-corrected chi connectivity index (χ0v) is 15.1. The maximum atomic E-state index is 10.2. The summed E-state index contributed by atoms with van der Waals surface area (Å²) in [6, 6.07) is 7.36. The van der Waals surface area contributed by atoms with Gasteiger partial charge < -0.3 is 25.0 Å². The number of aliphatic hydroxyl groups excluding tert-OH is 2. The zero-order valence-electron chi connectivity index (χ0n) is 15.1. The SMILES string of the molecule is Cc1c2cc[n+](C3OCC(O)C3O)cc2c(C)c2c1[nH]c1ccc(O)cc12. The lowest BCUT2D eigenvalue weighted by molar-refractivity contribution is -0.763. The highest BCUT2D eigenvalue weighted by atomic mass is 16.5. The van der Waals surface area contributed by atoms with Gasteiger partial charge in [-0.3, -0.25) is 0 Å². The van der Waals surface area contributed by atoms with Gasteiger partial charge in [0.15, 0.2) is 18.5 Å². The summed E-state index contributed by atoms with van der Waals surface area (Å²) in [4.78, 5) is 3.47. The van der Waals surface area contributed by atoms with Crippen molar-refractivity contribution in [1.29, 1.82) is 0 Å². The molecule has 0 aliphatic carbocycles. The van der Waals surface area contributed by atoms with Crippen molar-refractivity contribution in [2.75, 3.05) is 6.61 Å². The number of hydrogen-bond donors (Lipinski definition) is 4. The Morgan fingerprint density at radius 2 is 1.89 bits per heavy atom. The first-order valence-corrected chi connectivity index (χ1v) is 9.01. The Labute approximate surface area is 155 Å². The van der Waals surface area contributed by atoms with Gasteiger partial charge >= 0.3 is 0 Å². The molecule has 138 valence electrons. The van der Waals surface area contributed by atoms with E-state index in [1.165, 1.54) is 0 Å². The second-order valence-electron chi connectivity index (χ2n) is 7.36. The molecule has 0 amide bonds. The first kappa shape index (κ1) is 16.5. The van der Waals surface area contributed by atoms with Crippen LogP contribution in [-0.4, -0.2) is 39.1 Å². The van der Waals surface area contributed by atoms with Gasteiger partial charge in [0.05, 0.1) is 12.1 Å². The van der Waals surface area contributed by atoms with Crippen LogP contribution in [0.4, 0.5) is 0 Å². The average Bonchev–Trinajstić information content (AvgIpc) is 3.20. The molecule has 3 atom stereocenters. The van der Waals surface area contributed by atoms with E-state index in [2.05, 4.69) is 18.8 Å². The topological polar surface area (TPSA) is 89.6 Å². The third-order valence-corrected chi connectivity index (χ3v) is 5.74. The number of H-pyrrole nitrogens is 1. The van der Waals surface area contributed by atoms with Crippen molar-refractivity contribution in [1.82, 2.24) is 4.98 Å². The Morgan fingerprint density at radius 3 is 2.63 bits per heavy atom. The molecule has 1 fully saturated rings. The van der Waals surface area contributed by atoms with Crippen molar-refractivity contribution >= 4 is 32.6 Å². The number of nitrogens with one attached hydrogen (secondary N) is 1. The van der Waals surface area contributed by atoms with E-state index in [1.54, 1.807) is 12.1 Å². The quantitative estimate of drug-likeness (QED) is 0.390. The van der Waals surface area contributed by atoms with Crippen LogP contribution in [0.2, 0.25) is 0 Å². The zero-order chi connectivity index (χ0) is 18.9. The van der Waals surface area contributed by atoms with Gasteiger partial charge in [-0.05, 0) is 48.6 Å². The fraction of sp³-hybridized carbons (Fsp3) is 0.286. The highest BCUT2D eigenvalue weighted by molar-refractivity contribution is 6.16. The van der Waals surface area contributed by atoms with Crippen LogP contribution in [0.3, 0.4) is 0 Å². The summed E-state index contributed by atoms with van der Waals surface area (Å²) in [7, 11) is 0. The van der Waals surface area contributed by atoms with Crippen LogP contribution in [0.5, 0.6) is 5.75 Å². The van der Waals surface area contributed by atoms with Crippen molar-refractivity contribution in [3.63, 3.8) is 0 Å². The number of fused-ring (bicyclic) bond motifs is 4. The number of ether oxygens (including phenoxy) is 1. The van der Waals surface area contributed by atoms with Gasteiger partial charge in [0.1, 0.15) is 11.9 Å². The van der Waals surface area contributed by atoms with Crippen molar-refractivity contribution in [2.45, 2.75) is 32.3 Å². The molecule has 2 aromatic heterocycles. The normalized spacial score (nSPS) is 23.0. The summed E-state index contributed by atoms with van der Waals surface area (Å²) in [5, 5.41) is 34.1. The molecule has 1 aliphatic heterocycles. The molecule has 6 nitrogen and oxygen atoms in total. The number of aromatic nitrogens is 2. The van der Waals surface area contributed by atoms with Crippen LogP contribution >= 0.6 is 0 Å². The van der Waals surface area contributed by atoms with Crippen LogP contribution in [0.1, 0.15) is 17.4 Å². The molecule has 0 saturated carbocycles. The standard InChI is InChI=1S/C21H20N2O4/c1-10-15-8-23(21-20(26)17(25)9-27-21)6-5-13(15)11(2)19-18(10)14-7-12(24)3-4-16(14)22-19/h3-8,17,20-21,24-26H,9H2,1-2H3/p+1. The Hall–Kier alpha value is -2.67. The summed E-state index contributed by atoms with van der Waals surface area (Å²) in [6.07, 6.45) is 1.40. The van der Waals surface area contributed by atoms with Gasteiger partial charge in [-0.15, -0.1) is 0 Å². The fourth-order valence-corrected chi connectivity index (χ4v) is 4.26. The number of pyridine rings is 1. The number of phenols is 1. The highest BCUT2D eigenvalue weighted by Crippen LogP contribution is 2.37. The fourth-order valence-electron chi connectivity index (χ4n) is 4.26. The molecule has 27 heavy (non-hydrogen) atoms. The monoisotopic (exact) mass is 365 g/mol. The van der Waals surface area contributed by atoms with Crippen LogP contribution < -0.4 is 4.57 Å². The Balaban J connectivity index is 1.82. The minimum atomic E-state index is -0.956. The molecule has 5 rings (SSSR count). The molecule has 2 aromatic carbocycles. The van der Waals surface area contributed by atoms with Crippen LogP contribution in [-0.2, 0) is 4.74 Å². The number of aromatic hydroxyl groups is 1. The lowest BCUT2D eigenvalue weighted by atomic mass is 9.97. The second kappa shape index (κ2) is 5.66. The largest absolute Gasteiger partial charge is 0.508 e. The van der Waals surface area contributed by atoms with Crippen molar-refractivity contribution in [2.24, 2.45) is 0 Å². The number of rotatable bonds is 1. The molecular formula is C21H21N2O4+. The minimum Gasteiger partial charge on any atom is -0.508 e. The molecular weight excluding hydrogens is 344 g/mol. The second-order valence-corrected chi connectivity index (χ2v) is 7.36. The summed E-state index contributed by atoms with van der Waals surface area (Å²) in [5.74, 6) is 0.236. The lowest BCUT2D eigenvalue weighted by Gasteiger charge is -2.12. The third kappa shape index (κ3) is 2.27. The highest BCUT2D eigenvalue weighted by Gasteiger charge is 2.41. The average molecular weight is 365 g/mol. The first-order valence-electron chi connectivity index (χ1n) is 9.01. The van der Waals surface area contributed by atoms with E-state index in [0.717, 1.165) is 43.7 Å². The number of hydrogen-bond acceptors (Lipinski definition) is 4. The molecule has 0 radical (unpaired) electrons. The summed E-state index contributed by atoms with van der Waals surface area (Å²) >= 11 is 0. The summed E-state index contributed by atoms with van der Waals surface area (Å²) in [6.45, 7) is 4.26. The molecule has 0 bridgehead atoms. The molecule has 0 spiro atoms. The molecule has 1 aliphatic rings. The van der Waals surface area contributed by atoms with E-state index in [4.69, 9.17) is 4.74 Å². The molecule has 4 aromatic rings. The number of benzene rings is 2. The number of aryl methyl sites for hydroxylation is 2. The number of nitrogens with zero attached hydrogens (tertiary/aromatic N) is 1. The van der Waals surface area contributed by atoms with E-state index < -0.39 is 18.4 Å². The molecule has 3 heterocycles. The van der Waals surface area contributed by atoms with Crippen molar-refractivity contribution < 1.29 is 24.6 Å². The third-order valence-electron chi connectivity index (χ3n) is 5.74. The first-order chi connectivity index (χ1) is 13.0. The van der Waals surface area contributed by atoms with Gasteiger partial charge in [-0.2, -0.15) is 4.57 Å². The van der Waals surface area contributed by atoms with Crippen LogP contribution in [0.15, 0.2) is 36.7 Å². The molecule has 1 saturated heterocycles. The van der Waals surface area contributed by atoms with Gasteiger partial charge in [0.2, 0.25) is 0 Å². The maximum Gasteiger partial charge on any atom is 0.291 e. The summed E-state index contributed by atoms with van der Waals surface area (Å²) < 4.78 is 7.38. The molecule has 3 unspecified atom stereocenters. The van der Waals surface area contributed by atoms with Crippen molar-refractivity contribution in [3.8, 4) is 5.75 Å². The van der Waals surface area contributed by atoms with Gasteiger partial charge in [-0.1, -0.05) is 0 Å². The van der Waals surface area contributed by atoms with Gasteiger partial charge in [0, 0.05) is 27.7 Å². The Bertz CT molecular complexity index is 1210. The van der Waals surface area contributed by atoms with Crippen LogP contribution in [0.25, 0.3) is 32.6 Å². The van der Waals surface area contributed by atoms with E-state index in [0.29, 0.717) is 0 Å². The predicted molar refractivity (Wildman–Crippen MR) is 102 cm³/mol. The van der Waals surface area contributed by atoms with E-state index >= 15 is 0 Å². The van der Waals surface area contributed by atoms with Crippen LogP contribution in [0, 0.1) is 13.8 Å². The summed E-state index contributed by atoms with van der Waals surface area (Å²) in [5.41, 5.74) is 4.26. The Kier molecular flexibility index (Phi) is 3.46. The Morgan fingerprint density at radius 1 is 1.07 bits per heavy atom. The number of aliphatic hydroxyl groups is 2. The number of phenolic OH excluding ortho intramolecular Hbond substituents is 1. The number of aromatic amines is 1. The molecule has 4 N–H and O–H groups in total. The van der Waals surface area contributed by atoms with E-state index in [1.807, 2.05) is 29.1 Å². The smallest absolute Gasteiger partial charge is 0.291 e. The minimum absolute atomic E-state index is 0.121.